The Kier molecular flexibility index (Phi) is 7.73. The number of aliphatic carboxylic acids is 1. The van der Waals surface area contributed by atoms with Crippen molar-refractivity contribution in [2.45, 2.75) is 18.9 Å². The molecule has 0 saturated carbocycles. The molecule has 0 saturated heterocycles. The van der Waals surface area contributed by atoms with E-state index in [9.17, 15) is 4.79 Å². The fraction of sp³-hybridized carbons (Fsp3) is 0.500. The first-order chi connectivity index (χ1) is 9.58. The Labute approximate surface area is 129 Å². The molecule has 0 unspecified atom stereocenters. The molecule has 3 N–H and O–H groups in total. The second-order valence-corrected chi connectivity index (χ2v) is 5.27. The summed E-state index contributed by atoms with van der Waals surface area (Å²) in [5.41, 5.74) is 7.62. The topological polar surface area (TPSA) is 66.6 Å². The van der Waals surface area contributed by atoms with Gasteiger partial charge in [0.15, 0.2) is 0 Å². The number of carboxylic acid groups (broad SMARTS) is 1. The van der Waals surface area contributed by atoms with E-state index in [0.29, 0.717) is 24.6 Å². The molecule has 0 aromatic heterocycles. The highest BCUT2D eigenvalue weighted by Crippen LogP contribution is 2.16. The van der Waals surface area contributed by atoms with Crippen molar-refractivity contribution in [1.82, 2.24) is 0 Å². The molecule has 0 fully saturated rings. The lowest BCUT2D eigenvalue weighted by atomic mass is 10.1. The van der Waals surface area contributed by atoms with Crippen molar-refractivity contribution in [3.63, 3.8) is 0 Å². The maximum absolute atomic E-state index is 10.7. The third kappa shape index (κ3) is 5.57. The van der Waals surface area contributed by atoms with E-state index in [1.165, 1.54) is 0 Å². The highest BCUT2D eigenvalue weighted by atomic mass is 35.5. The van der Waals surface area contributed by atoms with Crippen molar-refractivity contribution in [1.29, 1.82) is 0 Å². The summed E-state index contributed by atoms with van der Waals surface area (Å²) in [5, 5.41) is 8.74. The summed E-state index contributed by atoms with van der Waals surface area (Å²) in [7, 11) is 0. The molecule has 0 aliphatic heterocycles. The van der Waals surface area contributed by atoms with Crippen LogP contribution >= 0.6 is 23.2 Å². The van der Waals surface area contributed by atoms with E-state index in [4.69, 9.17) is 34.0 Å². The number of hydrogen-bond donors (Lipinski definition) is 2. The van der Waals surface area contributed by atoms with Crippen molar-refractivity contribution >= 4 is 34.9 Å². The van der Waals surface area contributed by atoms with Gasteiger partial charge in [0.2, 0.25) is 0 Å². The molecular weight excluding hydrogens is 299 g/mol. The van der Waals surface area contributed by atoms with Crippen LogP contribution < -0.4 is 10.6 Å². The molecule has 0 heterocycles. The van der Waals surface area contributed by atoms with Gasteiger partial charge in [-0.1, -0.05) is 12.1 Å². The lowest BCUT2D eigenvalue weighted by molar-refractivity contribution is -0.138. The zero-order chi connectivity index (χ0) is 15.0. The predicted molar refractivity (Wildman–Crippen MR) is 84.0 cm³/mol. The normalized spacial score (nSPS) is 12.2. The molecule has 4 nitrogen and oxygen atoms in total. The van der Waals surface area contributed by atoms with Crippen molar-refractivity contribution in [3.05, 3.63) is 29.8 Å². The summed E-state index contributed by atoms with van der Waals surface area (Å²) in [6, 6.07) is 7.17. The molecule has 0 aliphatic carbocycles. The largest absolute Gasteiger partial charge is 0.480 e. The number of aryl methyl sites for hydroxylation is 1. The standard InChI is InChI=1S/C14H20Cl2N2O2/c15-7-9-18(10-8-16)12-4-1-11(2-5-12)3-6-13(17)14(19)20/h1-2,4-5,13H,3,6-10,17H2,(H,19,20)/t13-/m0/s1. The predicted octanol–water partition coefficient (Wildman–Crippen LogP) is 2.32. The lowest BCUT2D eigenvalue weighted by Gasteiger charge is -2.23. The Morgan fingerprint density at radius 1 is 1.20 bits per heavy atom. The van der Waals surface area contributed by atoms with Crippen LogP contribution in [0.15, 0.2) is 24.3 Å². The fourth-order valence-corrected chi connectivity index (χ4v) is 2.30. The lowest BCUT2D eigenvalue weighted by Crippen LogP contribution is -2.30. The Bertz CT molecular complexity index is 406. The van der Waals surface area contributed by atoms with Gasteiger partial charge in [0.1, 0.15) is 6.04 Å². The number of anilines is 1. The molecule has 6 heteroatoms. The second kappa shape index (κ2) is 9.06. The average molecular weight is 319 g/mol. The van der Waals surface area contributed by atoms with Crippen LogP contribution in [-0.2, 0) is 11.2 Å². The van der Waals surface area contributed by atoms with Gasteiger partial charge in [-0.05, 0) is 30.5 Å². The molecule has 0 radical (unpaired) electrons. The zero-order valence-corrected chi connectivity index (χ0v) is 12.8. The zero-order valence-electron chi connectivity index (χ0n) is 11.3. The quantitative estimate of drug-likeness (QED) is 0.686. The number of benzene rings is 1. The summed E-state index contributed by atoms with van der Waals surface area (Å²) >= 11 is 11.5. The van der Waals surface area contributed by atoms with Crippen LogP contribution in [-0.4, -0.2) is 42.0 Å². The average Bonchev–Trinajstić information content (AvgIpc) is 2.45. The van der Waals surface area contributed by atoms with Crippen LogP contribution in [0, 0.1) is 0 Å². The van der Waals surface area contributed by atoms with Crippen molar-refractivity contribution < 1.29 is 9.90 Å². The van der Waals surface area contributed by atoms with E-state index in [1.54, 1.807) is 0 Å². The minimum Gasteiger partial charge on any atom is -0.480 e. The van der Waals surface area contributed by atoms with Gasteiger partial charge in [0, 0.05) is 30.5 Å². The van der Waals surface area contributed by atoms with Gasteiger partial charge >= 0.3 is 5.97 Å². The Hall–Kier alpha value is -0.970. The maximum Gasteiger partial charge on any atom is 0.320 e. The van der Waals surface area contributed by atoms with Gasteiger partial charge in [0.05, 0.1) is 0 Å². The van der Waals surface area contributed by atoms with Gasteiger partial charge in [-0.15, -0.1) is 23.2 Å². The van der Waals surface area contributed by atoms with Gasteiger partial charge in [0.25, 0.3) is 0 Å². The minimum absolute atomic E-state index is 0.432. The van der Waals surface area contributed by atoms with Crippen LogP contribution in [0.3, 0.4) is 0 Å². The Morgan fingerprint density at radius 2 is 1.75 bits per heavy atom. The monoisotopic (exact) mass is 318 g/mol. The molecule has 0 aliphatic rings. The second-order valence-electron chi connectivity index (χ2n) is 4.51. The molecule has 1 atom stereocenters. The molecule has 1 aromatic rings. The molecule has 20 heavy (non-hydrogen) atoms. The van der Waals surface area contributed by atoms with E-state index >= 15 is 0 Å². The van der Waals surface area contributed by atoms with Crippen LogP contribution in [0.5, 0.6) is 0 Å². The Balaban J connectivity index is 2.60. The summed E-state index contributed by atoms with van der Waals surface area (Å²) in [4.78, 5) is 12.8. The molecule has 1 aromatic carbocycles. The number of rotatable bonds is 9. The van der Waals surface area contributed by atoms with Gasteiger partial charge in [-0.3, -0.25) is 4.79 Å². The van der Waals surface area contributed by atoms with Crippen molar-refractivity contribution in [3.8, 4) is 0 Å². The number of halogens is 2. The first-order valence-electron chi connectivity index (χ1n) is 6.52. The molecule has 0 amide bonds. The number of nitrogens with two attached hydrogens (primary N) is 1. The number of carbonyl (C=O) groups is 1. The van der Waals surface area contributed by atoms with E-state index in [2.05, 4.69) is 4.90 Å². The number of nitrogens with zero attached hydrogens (tertiary/aromatic N) is 1. The number of alkyl halides is 2. The molecule has 0 spiro atoms. The first kappa shape index (κ1) is 17.1. The molecule has 1 rings (SSSR count). The first-order valence-corrected chi connectivity index (χ1v) is 7.59. The fourth-order valence-electron chi connectivity index (χ4n) is 1.89. The van der Waals surface area contributed by atoms with Gasteiger partial charge in [-0.2, -0.15) is 0 Å². The van der Waals surface area contributed by atoms with Crippen molar-refractivity contribution in [2.75, 3.05) is 29.7 Å². The molecular formula is C14H20Cl2N2O2. The maximum atomic E-state index is 10.7. The minimum atomic E-state index is -0.961. The number of hydrogen-bond acceptors (Lipinski definition) is 3. The highest BCUT2D eigenvalue weighted by Gasteiger charge is 2.11. The van der Waals surface area contributed by atoms with Crippen LogP contribution in [0.2, 0.25) is 0 Å². The molecule has 0 bridgehead atoms. The molecule has 112 valence electrons. The highest BCUT2D eigenvalue weighted by molar-refractivity contribution is 6.18. The van der Waals surface area contributed by atoms with Gasteiger partial charge in [-0.25, -0.2) is 0 Å². The third-order valence-electron chi connectivity index (χ3n) is 3.07. The SMILES string of the molecule is N[C@@H](CCc1ccc(N(CCCl)CCCl)cc1)C(=O)O. The summed E-state index contributed by atoms with van der Waals surface area (Å²) in [5.74, 6) is 0.134. The van der Waals surface area contributed by atoms with Crippen LogP contribution in [0.25, 0.3) is 0 Å². The smallest absolute Gasteiger partial charge is 0.320 e. The van der Waals surface area contributed by atoms with E-state index in [-0.39, 0.29) is 0 Å². The van der Waals surface area contributed by atoms with E-state index in [1.807, 2.05) is 24.3 Å². The summed E-state index contributed by atoms with van der Waals surface area (Å²) in [6.07, 6.45) is 1.08. The van der Waals surface area contributed by atoms with E-state index in [0.717, 1.165) is 24.3 Å². The van der Waals surface area contributed by atoms with Crippen LogP contribution in [0.1, 0.15) is 12.0 Å². The number of carboxylic acids is 1. The van der Waals surface area contributed by atoms with E-state index < -0.39 is 12.0 Å². The summed E-state index contributed by atoms with van der Waals surface area (Å²) < 4.78 is 0. The third-order valence-corrected chi connectivity index (χ3v) is 3.41. The van der Waals surface area contributed by atoms with Crippen molar-refractivity contribution in [2.24, 2.45) is 5.73 Å². The van der Waals surface area contributed by atoms with Gasteiger partial charge < -0.3 is 15.7 Å². The summed E-state index contributed by atoms with van der Waals surface area (Å²) in [6.45, 7) is 1.50. The Morgan fingerprint density at radius 3 is 2.20 bits per heavy atom. The van der Waals surface area contributed by atoms with Crippen LogP contribution in [0.4, 0.5) is 5.69 Å².